The molecule has 2 heterocycles. The minimum atomic E-state index is -4.38. The molecule has 0 saturated heterocycles. The molecule has 0 radical (unpaired) electrons. The molecule has 0 unspecified atom stereocenters. The van der Waals surface area contributed by atoms with Crippen LogP contribution in [0.2, 0.25) is 0 Å². The van der Waals surface area contributed by atoms with E-state index in [1.54, 1.807) is 31.3 Å². The van der Waals surface area contributed by atoms with Crippen molar-refractivity contribution in [3.8, 4) is 5.95 Å². The van der Waals surface area contributed by atoms with Crippen LogP contribution >= 0.6 is 0 Å². The van der Waals surface area contributed by atoms with Crippen LogP contribution in [0.4, 0.5) is 19.0 Å². The highest BCUT2D eigenvalue weighted by molar-refractivity contribution is 5.95. The van der Waals surface area contributed by atoms with E-state index >= 15 is 0 Å². The Morgan fingerprint density at radius 3 is 2.48 bits per heavy atom. The number of halogens is 3. The number of carbonyl (C=O) groups excluding carboxylic acids is 1. The number of nitrogens with zero attached hydrogens (tertiary/aromatic N) is 4. The van der Waals surface area contributed by atoms with E-state index in [1.165, 1.54) is 10.9 Å². The van der Waals surface area contributed by atoms with E-state index in [1.807, 2.05) is 0 Å². The van der Waals surface area contributed by atoms with Gasteiger partial charge in [0.05, 0.1) is 16.8 Å². The molecule has 0 atom stereocenters. The predicted octanol–water partition coefficient (Wildman–Crippen LogP) is 4.20. The van der Waals surface area contributed by atoms with Crippen molar-refractivity contribution in [3.63, 3.8) is 0 Å². The number of aromatic nitrogens is 4. The average molecular weight is 458 g/mol. The molecule has 4 rings (SSSR count). The first-order chi connectivity index (χ1) is 15.7. The maximum absolute atomic E-state index is 13.0. The van der Waals surface area contributed by atoms with Crippen LogP contribution in [0.1, 0.15) is 59.3 Å². The molecule has 1 fully saturated rings. The molecule has 1 saturated carbocycles. The number of rotatable bonds is 5. The van der Waals surface area contributed by atoms with Gasteiger partial charge in [-0.1, -0.05) is 31.4 Å². The third-order valence-corrected chi connectivity index (χ3v) is 6.24. The Bertz CT molecular complexity index is 1130. The minimum absolute atomic E-state index is 0.255. The lowest BCUT2D eigenvalue weighted by Crippen LogP contribution is -2.42. The topological polar surface area (TPSA) is 98.7 Å². The highest BCUT2D eigenvalue weighted by Crippen LogP contribution is 2.40. The van der Waals surface area contributed by atoms with Gasteiger partial charge in [0, 0.05) is 24.4 Å². The van der Waals surface area contributed by atoms with Crippen LogP contribution in [0.25, 0.3) is 5.95 Å². The second kappa shape index (κ2) is 8.84. The van der Waals surface area contributed by atoms with E-state index in [0.717, 1.165) is 49.8 Å². The molecule has 33 heavy (non-hydrogen) atoms. The number of carbonyl (C=O) groups is 1. The number of anilines is 1. The van der Waals surface area contributed by atoms with Crippen molar-refractivity contribution in [2.45, 2.75) is 50.6 Å². The zero-order chi connectivity index (χ0) is 23.6. The highest BCUT2D eigenvalue weighted by Gasteiger charge is 2.36. The second-order valence-corrected chi connectivity index (χ2v) is 8.45. The fraction of sp³-hybridized carbons (Fsp3) is 0.391. The Hall–Kier alpha value is -3.43. The number of hydrogen-bond acceptors (Lipinski definition) is 5. The second-order valence-electron chi connectivity index (χ2n) is 8.45. The summed E-state index contributed by atoms with van der Waals surface area (Å²) in [7, 11) is 0. The summed E-state index contributed by atoms with van der Waals surface area (Å²) >= 11 is 0. The van der Waals surface area contributed by atoms with Gasteiger partial charge in [0.1, 0.15) is 5.82 Å². The van der Waals surface area contributed by atoms with Gasteiger partial charge < -0.3 is 11.1 Å². The average Bonchev–Trinajstić information content (AvgIpc) is 3.19. The summed E-state index contributed by atoms with van der Waals surface area (Å²) in [5.41, 5.74) is 6.32. The summed E-state index contributed by atoms with van der Waals surface area (Å²) in [6.45, 7) is 2.04. The van der Waals surface area contributed by atoms with Gasteiger partial charge in [-0.25, -0.2) is 9.67 Å². The number of hydrogen-bond donors (Lipinski definition) is 2. The summed E-state index contributed by atoms with van der Waals surface area (Å²) in [6.07, 6.45) is 3.26. The first kappa shape index (κ1) is 22.8. The van der Waals surface area contributed by atoms with Crippen molar-refractivity contribution in [3.05, 3.63) is 65.1 Å². The van der Waals surface area contributed by atoms with Gasteiger partial charge in [-0.15, -0.1) is 0 Å². The van der Waals surface area contributed by atoms with Crippen molar-refractivity contribution in [2.24, 2.45) is 0 Å². The van der Waals surface area contributed by atoms with Gasteiger partial charge in [0.2, 0.25) is 0 Å². The molecule has 10 heteroatoms. The molecular formula is C23H25F3N6O. The van der Waals surface area contributed by atoms with Crippen molar-refractivity contribution in [2.75, 3.05) is 12.3 Å². The lowest BCUT2D eigenvalue weighted by molar-refractivity contribution is -0.137. The van der Waals surface area contributed by atoms with Crippen LogP contribution < -0.4 is 11.1 Å². The quantitative estimate of drug-likeness (QED) is 0.597. The molecule has 2 aromatic heterocycles. The van der Waals surface area contributed by atoms with E-state index < -0.39 is 17.2 Å². The number of aryl methyl sites for hydroxylation is 1. The summed E-state index contributed by atoms with van der Waals surface area (Å²) < 4.78 is 40.4. The highest BCUT2D eigenvalue weighted by atomic mass is 19.4. The van der Waals surface area contributed by atoms with E-state index in [2.05, 4.69) is 20.4 Å². The Morgan fingerprint density at radius 2 is 1.85 bits per heavy atom. The van der Waals surface area contributed by atoms with Crippen LogP contribution in [-0.4, -0.2) is 32.2 Å². The van der Waals surface area contributed by atoms with E-state index in [0.29, 0.717) is 17.8 Å². The monoisotopic (exact) mass is 458 g/mol. The molecule has 3 aromatic rings. The maximum atomic E-state index is 13.0. The van der Waals surface area contributed by atoms with Crippen LogP contribution in [0.15, 0.2) is 42.7 Å². The maximum Gasteiger partial charge on any atom is 0.416 e. The van der Waals surface area contributed by atoms with Crippen LogP contribution in [0.5, 0.6) is 0 Å². The normalized spacial score (nSPS) is 15.9. The molecule has 7 nitrogen and oxygen atoms in total. The molecule has 1 aromatic carbocycles. The lowest BCUT2D eigenvalue weighted by atomic mass is 9.69. The zero-order valence-electron chi connectivity index (χ0n) is 18.2. The Morgan fingerprint density at radius 1 is 1.15 bits per heavy atom. The van der Waals surface area contributed by atoms with Gasteiger partial charge in [0.25, 0.3) is 11.9 Å². The Kier molecular flexibility index (Phi) is 6.09. The smallest absolute Gasteiger partial charge is 0.384 e. The summed E-state index contributed by atoms with van der Waals surface area (Å²) in [6, 6.07) is 6.88. The molecule has 1 aliphatic rings. The lowest BCUT2D eigenvalue weighted by Gasteiger charge is -2.38. The number of nitrogens with two attached hydrogens (primary N) is 1. The summed E-state index contributed by atoms with van der Waals surface area (Å²) in [4.78, 5) is 21.2. The third-order valence-electron chi connectivity index (χ3n) is 6.24. The minimum Gasteiger partial charge on any atom is -0.384 e. The van der Waals surface area contributed by atoms with Crippen molar-refractivity contribution >= 4 is 11.7 Å². The fourth-order valence-corrected chi connectivity index (χ4v) is 4.41. The number of nitrogen functional groups attached to an aromatic ring is 1. The van der Waals surface area contributed by atoms with Crippen LogP contribution in [0.3, 0.4) is 0 Å². The zero-order valence-corrected chi connectivity index (χ0v) is 18.2. The fourth-order valence-electron chi connectivity index (χ4n) is 4.41. The standard InChI is InChI=1S/C23H25F3N6O/c1-15-18(13-32(31-15)21-28-12-9-19(27)30-21)20(33)29-14-22(10-3-2-4-11-22)16-5-7-17(8-6-16)23(24,25)26/h5-9,12-13H,2-4,10-11,14H2,1H3,(H,29,33)(H2,27,28,30). The molecule has 0 aliphatic heterocycles. The van der Waals surface area contributed by atoms with Gasteiger partial charge in [-0.2, -0.15) is 23.3 Å². The van der Waals surface area contributed by atoms with Crippen LogP contribution in [-0.2, 0) is 11.6 Å². The van der Waals surface area contributed by atoms with E-state index in [9.17, 15) is 18.0 Å². The Labute approximate surface area is 189 Å². The molecule has 1 aliphatic carbocycles. The molecule has 3 N–H and O–H groups in total. The molecule has 0 spiro atoms. The number of alkyl halides is 3. The Balaban J connectivity index is 1.54. The largest absolute Gasteiger partial charge is 0.416 e. The van der Waals surface area contributed by atoms with Crippen molar-refractivity contribution < 1.29 is 18.0 Å². The van der Waals surface area contributed by atoms with E-state index in [-0.39, 0.29) is 17.7 Å². The van der Waals surface area contributed by atoms with Crippen molar-refractivity contribution in [1.29, 1.82) is 0 Å². The molecule has 1 amide bonds. The first-order valence-corrected chi connectivity index (χ1v) is 10.8. The summed E-state index contributed by atoms with van der Waals surface area (Å²) in [5.74, 6) is 0.236. The van der Waals surface area contributed by atoms with Crippen molar-refractivity contribution in [1.82, 2.24) is 25.1 Å². The van der Waals surface area contributed by atoms with Gasteiger partial charge in [0.15, 0.2) is 0 Å². The SMILES string of the molecule is Cc1nn(-c2nccc(N)n2)cc1C(=O)NCC1(c2ccc(C(F)(F)F)cc2)CCCCC1. The van der Waals surface area contributed by atoms with Gasteiger partial charge in [-0.3, -0.25) is 4.79 Å². The number of nitrogens with one attached hydrogen (secondary N) is 1. The first-order valence-electron chi connectivity index (χ1n) is 10.8. The molecule has 174 valence electrons. The molecular weight excluding hydrogens is 433 g/mol. The van der Waals surface area contributed by atoms with Crippen LogP contribution in [0, 0.1) is 6.92 Å². The third kappa shape index (κ3) is 4.84. The predicted molar refractivity (Wildman–Crippen MR) is 117 cm³/mol. The summed E-state index contributed by atoms with van der Waals surface area (Å²) in [5, 5.41) is 7.30. The number of benzene rings is 1. The number of amides is 1. The van der Waals surface area contributed by atoms with E-state index in [4.69, 9.17) is 5.73 Å². The molecule has 0 bridgehead atoms. The van der Waals surface area contributed by atoms with Gasteiger partial charge >= 0.3 is 6.18 Å². The van der Waals surface area contributed by atoms with Gasteiger partial charge in [-0.05, 0) is 43.5 Å².